The molecule has 5 heavy (non-hydrogen) atoms. The maximum absolute atomic E-state index is 0. The zero-order valence-corrected chi connectivity index (χ0v) is 8.96. The van der Waals surface area contributed by atoms with Crippen LogP contribution in [0.15, 0.2) is 0 Å². The van der Waals surface area contributed by atoms with Gasteiger partial charge in [-0.25, -0.2) is 0 Å². The Morgan fingerprint density at radius 1 is 0.600 bits per heavy atom. The van der Waals surface area contributed by atoms with Crippen molar-refractivity contribution in [2.24, 2.45) is 0 Å². The van der Waals surface area contributed by atoms with Gasteiger partial charge < -0.3 is 5.48 Å². The van der Waals surface area contributed by atoms with Gasteiger partial charge in [-0.2, -0.15) is 0 Å². The van der Waals surface area contributed by atoms with Gasteiger partial charge in [0, 0.05) is 19.5 Å². The first-order valence-electron chi connectivity index (χ1n) is 0. The van der Waals surface area contributed by atoms with Gasteiger partial charge in [-0.15, -0.1) is 50.9 Å². The third kappa shape index (κ3) is 23.8. The fraction of sp³-hybridized carbons (Fsp3) is 0. The number of rotatable bonds is 0. The Kier molecular flexibility index (Phi) is 462. The van der Waals surface area contributed by atoms with Crippen molar-refractivity contribution in [1.29, 1.82) is 0 Å². The van der Waals surface area contributed by atoms with E-state index in [4.69, 9.17) is 0 Å². The molecular weight excluding hydrogens is 357 g/mol. The second-order valence-electron chi connectivity index (χ2n) is 0. The van der Waals surface area contributed by atoms with Crippen molar-refractivity contribution in [3.63, 3.8) is 0 Å². The number of hydrogen-bond donors (Lipinski definition) is 0. The molecule has 40 valence electrons. The van der Waals surface area contributed by atoms with Gasteiger partial charge in [0.15, 0.2) is 0 Å². The SMILES string of the molecule is Br.Br.Br.O.[Ru]. The summed E-state index contributed by atoms with van der Waals surface area (Å²) in [6.07, 6.45) is 0. The van der Waals surface area contributed by atoms with Gasteiger partial charge in [0.05, 0.1) is 0 Å². The first kappa shape index (κ1) is 62.2. The molecule has 0 amide bonds. The van der Waals surface area contributed by atoms with E-state index in [-0.39, 0.29) is 75.9 Å². The van der Waals surface area contributed by atoms with Crippen LogP contribution in [-0.2, 0) is 19.5 Å². The molecule has 0 aliphatic carbocycles. The van der Waals surface area contributed by atoms with Gasteiger partial charge in [-0.05, 0) is 0 Å². The first-order valence-corrected chi connectivity index (χ1v) is 0. The maximum Gasteiger partial charge on any atom is 0 e. The maximum atomic E-state index is 0. The summed E-state index contributed by atoms with van der Waals surface area (Å²) in [6, 6.07) is 0. The molecule has 0 aromatic heterocycles. The van der Waals surface area contributed by atoms with Gasteiger partial charge in [0.25, 0.3) is 0 Å². The van der Waals surface area contributed by atoms with E-state index >= 15 is 0 Å². The predicted molar refractivity (Wildman–Crippen MR) is 34.6 cm³/mol. The molecule has 0 rings (SSSR count). The Bertz CT molecular complexity index is 6.85. The second-order valence-corrected chi connectivity index (χ2v) is 0. The number of halogens is 3. The van der Waals surface area contributed by atoms with Crippen LogP contribution in [0, 0.1) is 0 Å². The summed E-state index contributed by atoms with van der Waals surface area (Å²) in [7, 11) is 0. The van der Waals surface area contributed by atoms with E-state index in [9.17, 15) is 0 Å². The van der Waals surface area contributed by atoms with Crippen molar-refractivity contribution in [1.82, 2.24) is 0 Å². The minimum absolute atomic E-state index is 0. The molecule has 0 atom stereocenters. The van der Waals surface area contributed by atoms with Crippen LogP contribution < -0.4 is 0 Å². The van der Waals surface area contributed by atoms with Crippen molar-refractivity contribution < 1.29 is 25.0 Å². The first-order chi connectivity index (χ1) is 0. The minimum atomic E-state index is 0. The average Bonchev–Trinajstić information content (AvgIpc) is 0. The van der Waals surface area contributed by atoms with Crippen molar-refractivity contribution in [3.05, 3.63) is 0 Å². The van der Waals surface area contributed by atoms with Crippen molar-refractivity contribution in [2.45, 2.75) is 0 Å². The second kappa shape index (κ2) is 37.1. The van der Waals surface area contributed by atoms with Crippen LogP contribution in [0.1, 0.15) is 0 Å². The Balaban J connectivity index is 0. The standard InChI is InChI=1S/3BrH.H2O.Ru/h3*1H;1H2;. The van der Waals surface area contributed by atoms with Crippen molar-refractivity contribution in [3.8, 4) is 0 Å². The largest absolute Gasteiger partial charge is 0.412 e. The van der Waals surface area contributed by atoms with E-state index in [0.29, 0.717) is 0 Å². The van der Waals surface area contributed by atoms with Gasteiger partial charge in [0.1, 0.15) is 0 Å². The Morgan fingerprint density at radius 2 is 0.600 bits per heavy atom. The third-order valence-corrected chi connectivity index (χ3v) is 0. The average molecular weight is 362 g/mol. The molecule has 0 aliphatic rings. The molecule has 0 bridgehead atoms. The van der Waals surface area contributed by atoms with Gasteiger partial charge in [-0.1, -0.05) is 0 Å². The molecule has 0 aromatic carbocycles. The van der Waals surface area contributed by atoms with E-state index in [0.717, 1.165) is 0 Å². The third-order valence-electron chi connectivity index (χ3n) is 0. The van der Waals surface area contributed by atoms with E-state index < -0.39 is 0 Å². The van der Waals surface area contributed by atoms with Crippen LogP contribution in [0.5, 0.6) is 0 Å². The van der Waals surface area contributed by atoms with Crippen molar-refractivity contribution in [2.75, 3.05) is 0 Å². The summed E-state index contributed by atoms with van der Waals surface area (Å²) < 4.78 is 0. The van der Waals surface area contributed by atoms with Crippen LogP contribution in [0.3, 0.4) is 0 Å². The van der Waals surface area contributed by atoms with Crippen molar-refractivity contribution >= 4 is 50.9 Å². The molecule has 0 heterocycles. The van der Waals surface area contributed by atoms with E-state index in [1.165, 1.54) is 0 Å². The Labute approximate surface area is 75.3 Å². The fourth-order valence-corrected chi connectivity index (χ4v) is 0. The summed E-state index contributed by atoms with van der Waals surface area (Å²) in [5.74, 6) is 0. The molecule has 1 nitrogen and oxygen atoms in total. The van der Waals surface area contributed by atoms with Crippen LogP contribution >= 0.6 is 50.9 Å². The minimum Gasteiger partial charge on any atom is -0.412 e. The van der Waals surface area contributed by atoms with E-state index in [2.05, 4.69) is 0 Å². The zero-order valence-electron chi connectivity index (χ0n) is 2.08. The monoisotopic (exact) mass is 360 g/mol. The van der Waals surface area contributed by atoms with Crippen LogP contribution in [-0.4, -0.2) is 5.48 Å². The summed E-state index contributed by atoms with van der Waals surface area (Å²) >= 11 is 0. The zero-order chi connectivity index (χ0) is 0. The molecule has 0 unspecified atom stereocenters. The summed E-state index contributed by atoms with van der Waals surface area (Å²) in [5, 5.41) is 0. The van der Waals surface area contributed by atoms with Gasteiger partial charge >= 0.3 is 0 Å². The summed E-state index contributed by atoms with van der Waals surface area (Å²) in [4.78, 5) is 0. The molecule has 0 saturated heterocycles. The van der Waals surface area contributed by atoms with Crippen LogP contribution in [0.25, 0.3) is 0 Å². The Morgan fingerprint density at radius 3 is 0.600 bits per heavy atom. The Hall–Kier alpha value is 2.02. The van der Waals surface area contributed by atoms with Crippen LogP contribution in [0.4, 0.5) is 0 Å². The number of hydrogen-bond acceptors (Lipinski definition) is 0. The van der Waals surface area contributed by atoms with Gasteiger partial charge in [0.2, 0.25) is 0 Å². The smallest absolute Gasteiger partial charge is 0 e. The molecule has 0 radical (unpaired) electrons. The van der Waals surface area contributed by atoms with Crippen LogP contribution in [0.2, 0.25) is 0 Å². The molecule has 2 N–H and O–H groups in total. The van der Waals surface area contributed by atoms with E-state index in [1.807, 2.05) is 0 Å². The molecule has 0 aliphatic heterocycles. The summed E-state index contributed by atoms with van der Waals surface area (Å²) in [6.45, 7) is 0. The van der Waals surface area contributed by atoms with Gasteiger partial charge in [-0.3, -0.25) is 0 Å². The topological polar surface area (TPSA) is 31.5 Å². The normalized spacial score (nSPS) is 0. The predicted octanol–water partition coefficient (Wildman–Crippen LogP) is 0.906. The molecule has 0 aromatic rings. The quantitative estimate of drug-likeness (QED) is 0.574. The van der Waals surface area contributed by atoms with E-state index in [1.54, 1.807) is 0 Å². The fourth-order valence-electron chi connectivity index (χ4n) is 0. The molecule has 0 spiro atoms. The molecular formula is H5Br3ORu. The molecule has 5 heteroatoms. The summed E-state index contributed by atoms with van der Waals surface area (Å²) in [5.41, 5.74) is 0. The molecule has 0 saturated carbocycles. The molecule has 0 fully saturated rings.